The smallest absolute Gasteiger partial charge is 0.226 e. The highest BCUT2D eigenvalue weighted by Crippen LogP contribution is 2.25. The molecule has 3 rings (SSSR count). The van der Waals surface area contributed by atoms with Crippen molar-refractivity contribution in [2.24, 2.45) is 0 Å². The van der Waals surface area contributed by atoms with Gasteiger partial charge in [-0.15, -0.1) is 0 Å². The van der Waals surface area contributed by atoms with Gasteiger partial charge in [0, 0.05) is 36.3 Å². The first-order valence-electron chi connectivity index (χ1n) is 9.04. The number of methoxy groups -OCH3 is 1. The number of hydrogen-bond donors (Lipinski definition) is 2. The molecule has 0 spiro atoms. The van der Waals surface area contributed by atoms with E-state index < -0.39 is 0 Å². The molecule has 0 radical (unpaired) electrons. The van der Waals surface area contributed by atoms with Crippen molar-refractivity contribution in [3.8, 4) is 5.75 Å². The molecule has 27 heavy (non-hydrogen) atoms. The minimum Gasteiger partial charge on any atom is -0.496 e. The summed E-state index contributed by atoms with van der Waals surface area (Å²) in [6, 6.07) is 25.8. The molecule has 3 aromatic carbocycles. The van der Waals surface area contributed by atoms with E-state index in [1.807, 2.05) is 66.7 Å². The molecule has 0 atom stereocenters. The Morgan fingerprint density at radius 1 is 0.889 bits per heavy atom. The van der Waals surface area contributed by atoms with Crippen LogP contribution in [0.25, 0.3) is 0 Å². The Labute approximate surface area is 160 Å². The highest BCUT2D eigenvalue weighted by atomic mass is 16.5. The summed E-state index contributed by atoms with van der Waals surface area (Å²) in [6.45, 7) is 0.586. The predicted molar refractivity (Wildman–Crippen MR) is 110 cm³/mol. The van der Waals surface area contributed by atoms with Crippen LogP contribution in [0, 0.1) is 0 Å². The number of benzene rings is 3. The Hall–Kier alpha value is -3.27. The number of rotatable bonds is 8. The molecule has 3 aromatic rings. The fourth-order valence-corrected chi connectivity index (χ4v) is 2.91. The van der Waals surface area contributed by atoms with E-state index in [0.29, 0.717) is 13.0 Å². The molecule has 0 heterocycles. The average Bonchev–Trinajstić information content (AvgIpc) is 2.70. The SMILES string of the molecule is COc1ccc(NC(=O)CCNc2ccccc2)cc1Cc1ccccc1. The van der Waals surface area contributed by atoms with Gasteiger partial charge in [0.25, 0.3) is 0 Å². The summed E-state index contributed by atoms with van der Waals surface area (Å²) in [7, 11) is 1.66. The van der Waals surface area contributed by atoms with Crippen molar-refractivity contribution in [3.05, 3.63) is 90.0 Å². The van der Waals surface area contributed by atoms with Gasteiger partial charge in [0.1, 0.15) is 5.75 Å². The molecule has 4 heteroatoms. The van der Waals surface area contributed by atoms with E-state index in [9.17, 15) is 4.79 Å². The van der Waals surface area contributed by atoms with E-state index in [-0.39, 0.29) is 5.91 Å². The monoisotopic (exact) mass is 360 g/mol. The van der Waals surface area contributed by atoms with Gasteiger partial charge >= 0.3 is 0 Å². The summed E-state index contributed by atoms with van der Waals surface area (Å²) >= 11 is 0. The highest BCUT2D eigenvalue weighted by molar-refractivity contribution is 5.91. The van der Waals surface area contributed by atoms with Gasteiger partial charge in [-0.2, -0.15) is 0 Å². The molecule has 4 nitrogen and oxygen atoms in total. The molecule has 0 aliphatic heterocycles. The van der Waals surface area contributed by atoms with Crippen LogP contribution < -0.4 is 15.4 Å². The molecule has 0 fully saturated rings. The lowest BCUT2D eigenvalue weighted by atomic mass is 10.0. The normalized spacial score (nSPS) is 10.3. The first kappa shape index (κ1) is 18.5. The van der Waals surface area contributed by atoms with Crippen molar-refractivity contribution >= 4 is 17.3 Å². The van der Waals surface area contributed by atoms with Gasteiger partial charge in [-0.1, -0.05) is 48.5 Å². The number of hydrogen-bond acceptors (Lipinski definition) is 3. The number of amides is 1. The third-order valence-electron chi connectivity index (χ3n) is 4.26. The van der Waals surface area contributed by atoms with Gasteiger partial charge in [0.05, 0.1) is 7.11 Å². The van der Waals surface area contributed by atoms with E-state index in [2.05, 4.69) is 22.8 Å². The third kappa shape index (κ3) is 5.61. The zero-order chi connectivity index (χ0) is 18.9. The molecule has 0 aliphatic rings. The van der Waals surface area contributed by atoms with Crippen LogP contribution in [0.5, 0.6) is 5.75 Å². The molecule has 0 aliphatic carbocycles. The van der Waals surface area contributed by atoms with Crippen molar-refractivity contribution in [1.29, 1.82) is 0 Å². The van der Waals surface area contributed by atoms with E-state index in [1.54, 1.807) is 7.11 Å². The van der Waals surface area contributed by atoms with Crippen LogP contribution in [0.15, 0.2) is 78.9 Å². The zero-order valence-electron chi connectivity index (χ0n) is 15.4. The average molecular weight is 360 g/mol. The van der Waals surface area contributed by atoms with Gasteiger partial charge < -0.3 is 15.4 Å². The number of para-hydroxylation sites is 1. The van der Waals surface area contributed by atoms with Gasteiger partial charge in [-0.3, -0.25) is 4.79 Å². The van der Waals surface area contributed by atoms with E-state index >= 15 is 0 Å². The minimum atomic E-state index is -0.0192. The second kappa shape index (κ2) is 9.43. The van der Waals surface area contributed by atoms with Crippen LogP contribution in [-0.4, -0.2) is 19.6 Å². The van der Waals surface area contributed by atoms with Crippen molar-refractivity contribution in [3.63, 3.8) is 0 Å². The molecule has 0 bridgehead atoms. The Bertz CT molecular complexity index is 864. The lowest BCUT2D eigenvalue weighted by molar-refractivity contribution is -0.115. The van der Waals surface area contributed by atoms with Crippen molar-refractivity contribution in [1.82, 2.24) is 0 Å². The third-order valence-corrected chi connectivity index (χ3v) is 4.26. The first-order valence-corrected chi connectivity index (χ1v) is 9.04. The van der Waals surface area contributed by atoms with Crippen LogP contribution in [0.3, 0.4) is 0 Å². The maximum Gasteiger partial charge on any atom is 0.226 e. The molecule has 138 valence electrons. The van der Waals surface area contributed by atoms with Gasteiger partial charge in [-0.05, 0) is 35.9 Å². The van der Waals surface area contributed by atoms with Crippen LogP contribution >= 0.6 is 0 Å². The van der Waals surface area contributed by atoms with E-state index in [4.69, 9.17) is 4.74 Å². The topological polar surface area (TPSA) is 50.4 Å². The summed E-state index contributed by atoms with van der Waals surface area (Å²) in [5.74, 6) is 0.803. The van der Waals surface area contributed by atoms with Crippen molar-refractivity contribution < 1.29 is 9.53 Å². The standard InChI is InChI=1S/C23H24N2O2/c1-27-22-13-12-21(17-19(22)16-18-8-4-2-5-9-18)25-23(26)14-15-24-20-10-6-3-7-11-20/h2-13,17,24H,14-16H2,1H3,(H,25,26). The number of carbonyl (C=O) groups excluding carboxylic acids is 1. The Morgan fingerprint density at radius 2 is 1.59 bits per heavy atom. The fraction of sp³-hybridized carbons (Fsp3) is 0.174. The van der Waals surface area contributed by atoms with Crippen molar-refractivity contribution in [2.45, 2.75) is 12.8 Å². The van der Waals surface area contributed by atoms with Crippen LogP contribution in [0.1, 0.15) is 17.5 Å². The quantitative estimate of drug-likeness (QED) is 0.611. The molecular weight excluding hydrogens is 336 g/mol. The molecule has 2 N–H and O–H groups in total. The van der Waals surface area contributed by atoms with Crippen molar-refractivity contribution in [2.75, 3.05) is 24.3 Å². The zero-order valence-corrected chi connectivity index (χ0v) is 15.4. The molecular formula is C23H24N2O2. The number of anilines is 2. The summed E-state index contributed by atoms with van der Waals surface area (Å²) < 4.78 is 5.47. The van der Waals surface area contributed by atoms with Gasteiger partial charge in [-0.25, -0.2) is 0 Å². The largest absolute Gasteiger partial charge is 0.496 e. The molecule has 0 saturated heterocycles. The second-order valence-electron chi connectivity index (χ2n) is 6.28. The van der Waals surface area contributed by atoms with Gasteiger partial charge in [0.2, 0.25) is 5.91 Å². The molecule has 1 amide bonds. The van der Waals surface area contributed by atoms with E-state index in [0.717, 1.165) is 29.1 Å². The maximum atomic E-state index is 12.2. The summed E-state index contributed by atoms with van der Waals surface area (Å²) in [5, 5.41) is 6.21. The molecule has 0 aromatic heterocycles. The van der Waals surface area contributed by atoms with Crippen LogP contribution in [0.2, 0.25) is 0 Å². The van der Waals surface area contributed by atoms with Crippen LogP contribution in [0.4, 0.5) is 11.4 Å². The second-order valence-corrected chi connectivity index (χ2v) is 6.28. The molecule has 0 saturated carbocycles. The van der Waals surface area contributed by atoms with Crippen LogP contribution in [-0.2, 0) is 11.2 Å². The lowest BCUT2D eigenvalue weighted by Gasteiger charge is -2.12. The first-order chi connectivity index (χ1) is 13.2. The van der Waals surface area contributed by atoms with Gasteiger partial charge in [0.15, 0.2) is 0 Å². The summed E-state index contributed by atoms with van der Waals surface area (Å²) in [6.07, 6.45) is 1.15. The fourth-order valence-electron chi connectivity index (χ4n) is 2.91. The maximum absolute atomic E-state index is 12.2. The lowest BCUT2D eigenvalue weighted by Crippen LogP contribution is -2.16. The number of nitrogens with one attached hydrogen (secondary N) is 2. The predicted octanol–water partition coefficient (Wildman–Crippen LogP) is 4.73. The minimum absolute atomic E-state index is 0.0192. The van der Waals surface area contributed by atoms with E-state index in [1.165, 1.54) is 5.56 Å². The Kier molecular flexibility index (Phi) is 6.47. The molecule has 0 unspecified atom stereocenters. The Morgan fingerprint density at radius 3 is 2.30 bits per heavy atom. The highest BCUT2D eigenvalue weighted by Gasteiger charge is 2.08. The number of carbonyl (C=O) groups is 1. The summed E-state index contributed by atoms with van der Waals surface area (Å²) in [4.78, 5) is 12.2. The number of ether oxygens (including phenoxy) is 1. The summed E-state index contributed by atoms with van der Waals surface area (Å²) in [5.41, 5.74) is 4.04. The Balaban J connectivity index is 1.59.